The number of hydrogen-bond acceptors (Lipinski definition) is 24. The number of cyclic esters (lactones) is 1. The van der Waals surface area contributed by atoms with Crippen LogP contribution >= 0.6 is 34.8 Å². The number of carbonyl (C=O) groups is 10. The number of Topliss-reactive ketones (excluding diaryl/α,β-unsaturated/α-hetero) is 1. The van der Waals surface area contributed by atoms with Gasteiger partial charge in [0.2, 0.25) is 21.5 Å². The van der Waals surface area contributed by atoms with Crippen molar-refractivity contribution in [3.05, 3.63) is 174 Å². The minimum Gasteiger partial charge on any atom is -0.460 e. The Bertz CT molecular complexity index is 4750. The van der Waals surface area contributed by atoms with E-state index in [1.807, 2.05) is 62.4 Å². The second-order valence-corrected chi connectivity index (χ2v) is 31.1. The van der Waals surface area contributed by atoms with Crippen LogP contribution in [0.3, 0.4) is 0 Å². The molecule has 9 rings (SSSR count). The Kier molecular flexibility index (Phi) is 30.6. The summed E-state index contributed by atoms with van der Waals surface area (Å²) in [6.07, 6.45) is 6.72. The number of nitriles is 2. The topological polar surface area (TPSA) is 445 Å². The van der Waals surface area contributed by atoms with E-state index in [9.17, 15) is 83.8 Å². The van der Waals surface area contributed by atoms with E-state index < -0.39 is 150 Å². The van der Waals surface area contributed by atoms with Crippen LogP contribution in [-0.2, 0) is 52.6 Å². The van der Waals surface area contributed by atoms with Gasteiger partial charge in [-0.1, -0.05) is 147 Å². The maximum atomic E-state index is 13.4. The van der Waals surface area contributed by atoms with Crippen molar-refractivity contribution in [2.75, 3.05) is 19.7 Å². The number of amides is 5. The van der Waals surface area contributed by atoms with E-state index >= 15 is 0 Å². The smallest absolute Gasteiger partial charge is 0.353 e. The standard InChI is InChI=1S/C32H39Cl3N6O6.C31H37N5O5.C16H12N2O7/c1-18(2)26(27(43)37-19(3)28(44)41-14-6-7-24(40-41)29(45)47-17-32(33,34)35)39-30(46)31(5,16-36)13-12-21-8-9-22-10-11-23(20(4)42)38-25(22)15-21;1-18(2)23-16-27(37)31(5,17-32)13-12-21-8-9-22-10-11-24(34-26(22)15-21)20(4)41-30(40)25-7-6-14-36(35-25)29(39)19(3)33-28(23)38;1-9-5-3-7-11(17(21)22)13(9)15(19)25-16(20)14-10(2)6-4-8-12(14)18(23)24/h8-13,15,18-20,24,26,40,42H,6-7,14,17H2,1-5H3,(H,37,43)(H,39,46);8-13,15,18-20,23,25,35H,6-7,14,16H2,1-5H3,(H,33,38);3-8H,1-2H3/b2*13-12+;/t19-,20+,24-,26-,31?;19-,20+,23-,25?,31?;/m00./s1. The van der Waals surface area contributed by atoms with Crippen molar-refractivity contribution in [3.63, 3.8) is 0 Å². The number of benzene rings is 4. The van der Waals surface area contributed by atoms with Crippen molar-refractivity contribution >= 4 is 139 Å². The van der Waals surface area contributed by atoms with Crippen LogP contribution < -0.4 is 26.8 Å². The van der Waals surface area contributed by atoms with Gasteiger partial charge in [-0.05, 0) is 139 Å². The van der Waals surface area contributed by atoms with Crippen molar-refractivity contribution in [2.45, 2.75) is 161 Å². The number of nitrogens with zero attached hydrogens (tertiary/aromatic N) is 8. The molecule has 598 valence electrons. The molecule has 6 aromatic rings. The molecule has 2 aromatic heterocycles. The van der Waals surface area contributed by atoms with Gasteiger partial charge in [0.05, 0.1) is 50.5 Å². The largest absolute Gasteiger partial charge is 0.460 e. The summed E-state index contributed by atoms with van der Waals surface area (Å²) >= 11 is 16.9. The average molecular weight is 1610 g/mol. The first-order chi connectivity index (χ1) is 53.1. The number of hydrogen-bond donors (Lipinski definition) is 6. The third kappa shape index (κ3) is 23.5. The number of fused-ring (bicyclic) bond motifs is 5. The van der Waals surface area contributed by atoms with Crippen molar-refractivity contribution in [1.29, 1.82) is 10.5 Å². The van der Waals surface area contributed by atoms with Crippen molar-refractivity contribution in [1.82, 2.24) is 46.8 Å². The number of aliphatic hydroxyl groups excluding tert-OH is 1. The highest BCUT2D eigenvalue weighted by molar-refractivity contribution is 6.67. The second kappa shape index (κ2) is 38.8. The number of halogens is 3. The molecule has 5 heterocycles. The SMILES string of the molecule is CC(C)[C@@H]1CC(=O)C(C)(C#N)/C=C/c2ccc3ccc(nc3c2)[C@@H](C)OC(=O)C2CCCN(N2)C(=O)[C@H](C)NC1=O.CC(C)[C@H](NC(=O)C(C)(C#N)/C=C/c1ccc2ccc([C@@H](C)O)nc2c1)C(=O)N[C@@H](C)C(=O)N1CCC[C@@H](C(=O)OCC(Cl)(Cl)Cl)N1.Cc1cccc([N+](=O)[O-])c1C(=O)OC(=O)c1c(C)cccc1[N+](=O)[O-]. The van der Waals surface area contributed by atoms with Crippen LogP contribution in [0, 0.1) is 85.3 Å². The lowest BCUT2D eigenvalue weighted by Crippen LogP contribution is -2.61. The molecule has 113 heavy (non-hydrogen) atoms. The van der Waals surface area contributed by atoms with E-state index in [0.717, 1.165) is 28.5 Å². The Labute approximate surface area is 666 Å². The number of nitro groups is 2. The number of allylic oxidation sites excluding steroid dienone is 1. The highest BCUT2D eigenvalue weighted by Gasteiger charge is 2.41. The number of pyridine rings is 2. The maximum absolute atomic E-state index is 13.4. The predicted octanol–water partition coefficient (Wildman–Crippen LogP) is 10.6. The highest BCUT2D eigenvalue weighted by atomic mass is 35.6. The molecule has 2 fully saturated rings. The fraction of sp³-hybridized carbons (Fsp3) is 0.418. The van der Waals surface area contributed by atoms with Gasteiger partial charge in [0.25, 0.3) is 23.2 Å². The summed E-state index contributed by atoms with van der Waals surface area (Å²) in [6.45, 7) is 19.6. The normalized spacial score (nSPS) is 20.5. The van der Waals surface area contributed by atoms with Gasteiger partial charge in [-0.3, -0.25) is 73.6 Å². The first-order valence-corrected chi connectivity index (χ1v) is 37.2. The van der Waals surface area contributed by atoms with Crippen molar-refractivity contribution in [2.24, 2.45) is 28.6 Å². The van der Waals surface area contributed by atoms with Crippen LogP contribution in [0.1, 0.15) is 168 Å². The fourth-order valence-corrected chi connectivity index (χ4v) is 12.2. The van der Waals surface area contributed by atoms with E-state index in [4.69, 9.17) is 49.3 Å². The number of aryl methyl sites for hydroxylation is 2. The van der Waals surface area contributed by atoms with Crippen molar-refractivity contribution in [3.8, 4) is 12.1 Å². The average Bonchev–Trinajstić information content (AvgIpc) is 1.12. The monoisotopic (exact) mass is 1610 g/mol. The molecule has 5 bridgehead atoms. The summed E-state index contributed by atoms with van der Waals surface area (Å²) in [5, 5.41) is 64.3. The number of nitro benzene ring substituents is 2. The Hall–Kier alpha value is -11.2. The predicted molar refractivity (Wildman–Crippen MR) is 416 cm³/mol. The maximum Gasteiger partial charge on any atom is 0.353 e. The minimum absolute atomic E-state index is 0.158. The Balaban J connectivity index is 0.000000245. The number of carbonyl (C=O) groups excluding carboxylic acids is 10. The molecular formula is C79H88Cl3N13O18. The molecule has 2 saturated heterocycles. The number of hydrazine groups is 2. The summed E-state index contributed by atoms with van der Waals surface area (Å²) in [5.74, 6) is -8.09. The van der Waals surface area contributed by atoms with Gasteiger partial charge in [-0.15, -0.1) is 0 Å². The number of aromatic nitrogens is 2. The lowest BCUT2D eigenvalue weighted by Gasteiger charge is -2.35. The molecule has 10 atom stereocenters. The Morgan fingerprint density at radius 3 is 1.97 bits per heavy atom. The molecular weight excluding hydrogens is 1530 g/mol. The molecule has 0 saturated carbocycles. The zero-order valence-electron chi connectivity index (χ0n) is 64.1. The quantitative estimate of drug-likeness (QED) is 0.0131. The molecule has 31 nitrogen and oxygen atoms in total. The third-order valence-electron chi connectivity index (χ3n) is 18.9. The molecule has 3 aliphatic heterocycles. The zero-order chi connectivity index (χ0) is 83.7. The first-order valence-electron chi connectivity index (χ1n) is 36.1. The number of rotatable bonds is 16. The van der Waals surface area contributed by atoms with Gasteiger partial charge in [0.1, 0.15) is 59.5 Å². The van der Waals surface area contributed by atoms with Crippen LogP contribution in [0.15, 0.2) is 109 Å². The fourth-order valence-electron chi connectivity index (χ4n) is 12.1. The van der Waals surface area contributed by atoms with Gasteiger partial charge in [-0.2, -0.15) is 10.5 Å². The van der Waals surface area contributed by atoms with Crippen molar-refractivity contribution < 1.29 is 77.1 Å². The van der Waals surface area contributed by atoms with Crippen LogP contribution in [0.2, 0.25) is 0 Å². The molecule has 0 radical (unpaired) electrons. The Morgan fingerprint density at radius 1 is 0.805 bits per heavy atom. The highest BCUT2D eigenvalue weighted by Crippen LogP contribution is 2.32. The number of esters is 4. The molecule has 0 spiro atoms. The summed E-state index contributed by atoms with van der Waals surface area (Å²) < 4.78 is 13.7. The van der Waals surface area contributed by atoms with Gasteiger partial charge in [0, 0.05) is 48.3 Å². The second-order valence-electron chi connectivity index (χ2n) is 28.5. The van der Waals surface area contributed by atoms with Gasteiger partial charge < -0.3 is 35.3 Å². The van der Waals surface area contributed by atoms with Gasteiger partial charge in [-0.25, -0.2) is 25.4 Å². The third-order valence-corrected chi connectivity index (χ3v) is 19.3. The van der Waals surface area contributed by atoms with Crippen LogP contribution in [-0.4, -0.2) is 148 Å². The van der Waals surface area contributed by atoms with E-state index in [0.29, 0.717) is 60.2 Å². The first kappa shape index (κ1) is 89.0. The zero-order valence-corrected chi connectivity index (χ0v) is 66.3. The van der Waals surface area contributed by atoms with Crippen LogP contribution in [0.4, 0.5) is 11.4 Å². The Morgan fingerprint density at radius 2 is 1.40 bits per heavy atom. The van der Waals surface area contributed by atoms with E-state index in [1.165, 1.54) is 75.0 Å². The number of nitrogens with one attached hydrogen (secondary N) is 5. The summed E-state index contributed by atoms with van der Waals surface area (Å²) in [6, 6.07) is 25.7. The summed E-state index contributed by atoms with van der Waals surface area (Å²) in [7, 11) is 0. The molecule has 4 aromatic carbocycles. The van der Waals surface area contributed by atoms with Gasteiger partial charge in [0.15, 0.2) is 11.2 Å². The molecule has 5 amide bonds. The van der Waals surface area contributed by atoms with E-state index in [2.05, 4.69) is 42.6 Å². The molecule has 3 aliphatic rings. The van der Waals surface area contributed by atoms with E-state index in [1.54, 1.807) is 71.0 Å². The van der Waals surface area contributed by atoms with Crippen LogP contribution in [0.25, 0.3) is 34.0 Å². The number of aliphatic hydroxyl groups is 1. The molecule has 34 heteroatoms. The number of ketones is 1. The number of ether oxygens (including phenoxy) is 3. The lowest BCUT2D eigenvalue weighted by molar-refractivity contribution is -0.385. The summed E-state index contributed by atoms with van der Waals surface area (Å²) in [5.41, 5.74) is 5.16. The molecule has 0 aliphatic carbocycles. The summed E-state index contributed by atoms with van der Waals surface area (Å²) in [4.78, 5) is 159. The van der Waals surface area contributed by atoms with Crippen LogP contribution in [0.5, 0.6) is 0 Å². The molecule has 6 N–H and O–H groups in total. The minimum atomic E-state index is -1.78. The van der Waals surface area contributed by atoms with E-state index in [-0.39, 0.29) is 46.9 Å². The van der Waals surface area contributed by atoms with Gasteiger partial charge >= 0.3 is 23.9 Å². The lowest BCUT2D eigenvalue weighted by atomic mass is 9.79. The number of alkyl halides is 3. The molecule has 3 unspecified atom stereocenters.